The highest BCUT2D eigenvalue weighted by Crippen LogP contribution is 2.22. The molecule has 2 N–H and O–H groups in total. The molecule has 130 valence electrons. The molecule has 6 heteroatoms. The Bertz CT molecular complexity index is 493. The molecule has 1 aromatic rings. The van der Waals surface area contributed by atoms with E-state index in [2.05, 4.69) is 5.32 Å². The molecule has 2 atom stereocenters. The molecule has 2 heterocycles. The molecule has 6 nitrogen and oxygen atoms in total. The molecule has 0 radical (unpaired) electrons. The minimum absolute atomic E-state index is 0.106. The number of aliphatic hydroxyl groups is 1. The zero-order chi connectivity index (χ0) is 16.8. The fraction of sp³-hybridized carbons (Fsp3) is 0.706. The summed E-state index contributed by atoms with van der Waals surface area (Å²) in [6, 6.07) is 3.42. The van der Waals surface area contributed by atoms with Gasteiger partial charge in [0.15, 0.2) is 0 Å². The van der Waals surface area contributed by atoms with Gasteiger partial charge in [-0.05, 0) is 37.8 Å². The average Bonchev–Trinajstić information content (AvgIpc) is 3.03. The Labute approximate surface area is 137 Å². The van der Waals surface area contributed by atoms with Gasteiger partial charge in [-0.2, -0.15) is 0 Å². The smallest absolute Gasteiger partial charge is 0.318 e. The van der Waals surface area contributed by atoms with E-state index in [1.165, 1.54) is 0 Å². The third kappa shape index (κ3) is 4.72. The second-order valence-electron chi connectivity index (χ2n) is 6.18. The number of aliphatic hydroxyl groups excluding tert-OH is 1. The van der Waals surface area contributed by atoms with Crippen LogP contribution in [0.5, 0.6) is 0 Å². The number of rotatable bonds is 6. The predicted molar refractivity (Wildman–Crippen MR) is 87.2 cm³/mol. The van der Waals surface area contributed by atoms with Crippen LogP contribution in [0.25, 0.3) is 0 Å². The molecule has 2 rings (SSSR count). The maximum Gasteiger partial charge on any atom is 0.318 e. The fourth-order valence-electron chi connectivity index (χ4n) is 2.96. The lowest BCUT2D eigenvalue weighted by molar-refractivity contribution is 0.0777. The normalized spacial score (nSPS) is 18.7. The molecule has 2 unspecified atom stereocenters. The van der Waals surface area contributed by atoms with Crippen molar-refractivity contribution in [3.63, 3.8) is 0 Å². The quantitative estimate of drug-likeness (QED) is 0.842. The van der Waals surface area contributed by atoms with Crippen molar-refractivity contribution >= 4 is 6.03 Å². The number of furan rings is 1. The number of carbonyl (C=O) groups is 1. The van der Waals surface area contributed by atoms with Crippen molar-refractivity contribution in [3.8, 4) is 0 Å². The molecule has 23 heavy (non-hydrogen) atoms. The molecule has 1 aliphatic rings. The van der Waals surface area contributed by atoms with Crippen LogP contribution in [0, 0.1) is 5.92 Å². The highest BCUT2D eigenvalue weighted by atomic mass is 16.5. The zero-order valence-corrected chi connectivity index (χ0v) is 14.2. The summed E-state index contributed by atoms with van der Waals surface area (Å²) in [4.78, 5) is 14.3. The van der Waals surface area contributed by atoms with Gasteiger partial charge in [-0.15, -0.1) is 0 Å². The van der Waals surface area contributed by atoms with Gasteiger partial charge < -0.3 is 24.5 Å². The molecule has 1 fully saturated rings. The van der Waals surface area contributed by atoms with E-state index in [9.17, 15) is 9.90 Å². The number of aryl methyl sites for hydroxylation is 1. The van der Waals surface area contributed by atoms with Crippen LogP contribution < -0.4 is 5.32 Å². The van der Waals surface area contributed by atoms with Crippen molar-refractivity contribution in [2.75, 3.05) is 26.8 Å². The topological polar surface area (TPSA) is 74.9 Å². The van der Waals surface area contributed by atoms with E-state index in [-0.39, 0.29) is 24.1 Å². The van der Waals surface area contributed by atoms with E-state index in [0.29, 0.717) is 19.7 Å². The van der Waals surface area contributed by atoms with Gasteiger partial charge >= 0.3 is 6.03 Å². The summed E-state index contributed by atoms with van der Waals surface area (Å²) < 4.78 is 10.9. The average molecular weight is 324 g/mol. The summed E-state index contributed by atoms with van der Waals surface area (Å²) in [6.45, 7) is 5.54. The predicted octanol–water partition coefficient (Wildman–Crippen LogP) is 2.33. The molecule has 0 aliphatic carbocycles. The number of hydrogen-bond donors (Lipinski definition) is 2. The largest absolute Gasteiger partial charge is 0.464 e. The minimum Gasteiger partial charge on any atom is -0.464 e. The van der Waals surface area contributed by atoms with Crippen LogP contribution in [0.15, 0.2) is 16.5 Å². The van der Waals surface area contributed by atoms with Gasteiger partial charge in [-0.25, -0.2) is 4.79 Å². The summed E-state index contributed by atoms with van der Waals surface area (Å²) in [6.07, 6.45) is 2.18. The van der Waals surface area contributed by atoms with Gasteiger partial charge in [0, 0.05) is 26.6 Å². The standard InChI is InChI=1S/C17H28N2O4/c1-4-14-5-6-16(23-14)15(11-22-3)18-17(21)19-9-7-13(8-10-19)12(2)20/h5-6,12-13,15,20H,4,7-11H2,1-3H3,(H,18,21). The van der Waals surface area contributed by atoms with Gasteiger partial charge in [0.25, 0.3) is 0 Å². The van der Waals surface area contributed by atoms with Crippen molar-refractivity contribution < 1.29 is 19.1 Å². The second kappa shape index (κ2) is 8.36. The van der Waals surface area contributed by atoms with Gasteiger partial charge in [0.05, 0.1) is 12.7 Å². The third-order valence-corrected chi connectivity index (χ3v) is 4.51. The minimum atomic E-state index is -0.308. The molecule has 0 spiro atoms. The summed E-state index contributed by atoms with van der Waals surface area (Å²) >= 11 is 0. The number of methoxy groups -OCH3 is 1. The van der Waals surface area contributed by atoms with E-state index in [0.717, 1.165) is 30.8 Å². The Morgan fingerprint density at radius 2 is 2.17 bits per heavy atom. The zero-order valence-electron chi connectivity index (χ0n) is 14.2. The number of likely N-dealkylation sites (tertiary alicyclic amines) is 1. The van der Waals surface area contributed by atoms with Gasteiger partial charge in [-0.3, -0.25) is 0 Å². The van der Waals surface area contributed by atoms with Crippen molar-refractivity contribution in [1.29, 1.82) is 0 Å². The van der Waals surface area contributed by atoms with Gasteiger partial charge in [-0.1, -0.05) is 6.92 Å². The SMILES string of the molecule is CCc1ccc(C(COC)NC(=O)N2CCC(C(C)O)CC2)o1. The van der Waals surface area contributed by atoms with Crippen molar-refractivity contribution in [2.45, 2.75) is 45.3 Å². The first kappa shape index (κ1) is 17.8. The van der Waals surface area contributed by atoms with Crippen LogP contribution >= 0.6 is 0 Å². The molecule has 0 bridgehead atoms. The van der Waals surface area contributed by atoms with E-state index in [1.54, 1.807) is 12.0 Å². The van der Waals surface area contributed by atoms with Crippen LogP contribution in [0.1, 0.15) is 44.3 Å². The summed E-state index contributed by atoms with van der Waals surface area (Å²) in [5.74, 6) is 1.90. The van der Waals surface area contributed by atoms with Crippen LogP contribution in [0.3, 0.4) is 0 Å². The Morgan fingerprint density at radius 3 is 2.70 bits per heavy atom. The number of amides is 2. The Balaban J connectivity index is 1.93. The number of hydrogen-bond acceptors (Lipinski definition) is 4. The number of nitrogens with zero attached hydrogens (tertiary/aromatic N) is 1. The monoisotopic (exact) mass is 324 g/mol. The first-order chi connectivity index (χ1) is 11.0. The molecule has 1 aliphatic heterocycles. The molecule has 1 aromatic heterocycles. The molecular weight excluding hydrogens is 296 g/mol. The van der Waals surface area contributed by atoms with Gasteiger partial charge in [0.1, 0.15) is 17.6 Å². The number of ether oxygens (including phenoxy) is 1. The van der Waals surface area contributed by atoms with Crippen molar-refractivity contribution in [2.24, 2.45) is 5.92 Å². The number of piperidine rings is 1. The first-order valence-corrected chi connectivity index (χ1v) is 8.36. The molecule has 0 aromatic carbocycles. The van der Waals surface area contributed by atoms with Crippen LogP contribution in [-0.4, -0.2) is 48.9 Å². The summed E-state index contributed by atoms with van der Waals surface area (Å²) in [7, 11) is 1.61. The van der Waals surface area contributed by atoms with E-state index in [4.69, 9.17) is 9.15 Å². The van der Waals surface area contributed by atoms with Crippen LogP contribution in [0.4, 0.5) is 4.79 Å². The lowest BCUT2D eigenvalue weighted by Crippen LogP contribution is -2.47. The lowest BCUT2D eigenvalue weighted by atomic mass is 9.92. The molecular formula is C17H28N2O4. The van der Waals surface area contributed by atoms with Crippen molar-refractivity contribution in [1.82, 2.24) is 10.2 Å². The summed E-state index contributed by atoms with van der Waals surface area (Å²) in [5.41, 5.74) is 0. The summed E-state index contributed by atoms with van der Waals surface area (Å²) in [5, 5.41) is 12.6. The fourth-order valence-corrected chi connectivity index (χ4v) is 2.96. The maximum absolute atomic E-state index is 12.5. The lowest BCUT2D eigenvalue weighted by Gasteiger charge is -2.34. The highest BCUT2D eigenvalue weighted by Gasteiger charge is 2.27. The highest BCUT2D eigenvalue weighted by molar-refractivity contribution is 5.74. The van der Waals surface area contributed by atoms with Crippen molar-refractivity contribution in [3.05, 3.63) is 23.7 Å². The Kier molecular flexibility index (Phi) is 6.47. The van der Waals surface area contributed by atoms with E-state index >= 15 is 0 Å². The number of nitrogens with one attached hydrogen (secondary N) is 1. The van der Waals surface area contributed by atoms with Crippen LogP contribution in [-0.2, 0) is 11.2 Å². The second-order valence-corrected chi connectivity index (χ2v) is 6.18. The van der Waals surface area contributed by atoms with Crippen LogP contribution in [0.2, 0.25) is 0 Å². The number of carbonyl (C=O) groups excluding carboxylic acids is 1. The molecule has 0 saturated carbocycles. The Morgan fingerprint density at radius 1 is 1.48 bits per heavy atom. The third-order valence-electron chi connectivity index (χ3n) is 4.51. The van der Waals surface area contributed by atoms with E-state index < -0.39 is 0 Å². The first-order valence-electron chi connectivity index (χ1n) is 8.36. The number of urea groups is 1. The molecule has 1 saturated heterocycles. The van der Waals surface area contributed by atoms with Gasteiger partial charge in [0.2, 0.25) is 0 Å². The maximum atomic E-state index is 12.5. The van der Waals surface area contributed by atoms with E-state index in [1.807, 2.05) is 26.0 Å². The molecule has 2 amide bonds. The Hall–Kier alpha value is -1.53.